The second-order valence-corrected chi connectivity index (χ2v) is 6.50. The summed E-state index contributed by atoms with van der Waals surface area (Å²) in [6.45, 7) is 4.73. The van der Waals surface area contributed by atoms with Crippen molar-refractivity contribution in [3.8, 4) is 0 Å². The van der Waals surface area contributed by atoms with E-state index in [1.54, 1.807) is 17.0 Å². The molecule has 126 valence electrons. The minimum absolute atomic E-state index is 0.0615. The topological polar surface area (TPSA) is 62.6 Å². The van der Waals surface area contributed by atoms with E-state index >= 15 is 0 Å². The molecule has 24 heavy (non-hydrogen) atoms. The van der Waals surface area contributed by atoms with Crippen LogP contribution in [0.5, 0.6) is 0 Å². The summed E-state index contributed by atoms with van der Waals surface area (Å²) in [6.07, 6.45) is 2.89. The van der Waals surface area contributed by atoms with E-state index in [0.29, 0.717) is 13.0 Å². The molecule has 5 heteroatoms. The summed E-state index contributed by atoms with van der Waals surface area (Å²) in [6, 6.07) is 10.6. The molecule has 0 fully saturated rings. The van der Waals surface area contributed by atoms with Crippen LogP contribution in [0.1, 0.15) is 36.4 Å². The number of hydrogen-bond acceptors (Lipinski definition) is 3. The number of fused-ring (bicyclic) bond motifs is 1. The third kappa shape index (κ3) is 3.35. The van der Waals surface area contributed by atoms with Crippen LogP contribution >= 0.6 is 0 Å². The maximum absolute atomic E-state index is 13.0. The number of hydrogen-bond donors (Lipinski definition) is 1. The van der Waals surface area contributed by atoms with Crippen molar-refractivity contribution >= 4 is 17.5 Å². The fraction of sp³-hybridized carbons (Fsp3) is 0.368. The molecule has 1 aliphatic rings. The minimum Gasteiger partial charge on any atom is -0.459 e. The highest BCUT2D eigenvalue weighted by atomic mass is 16.3. The highest BCUT2D eigenvalue weighted by Crippen LogP contribution is 2.28. The van der Waals surface area contributed by atoms with Crippen molar-refractivity contribution in [1.29, 1.82) is 0 Å². The summed E-state index contributed by atoms with van der Waals surface area (Å²) in [5, 5.41) is 2.83. The molecule has 2 aromatic rings. The van der Waals surface area contributed by atoms with Gasteiger partial charge in [-0.2, -0.15) is 0 Å². The fourth-order valence-corrected chi connectivity index (χ4v) is 3.09. The maximum Gasteiger partial charge on any atom is 0.287 e. The molecule has 2 heterocycles. The van der Waals surface area contributed by atoms with Crippen molar-refractivity contribution in [2.24, 2.45) is 5.92 Å². The van der Waals surface area contributed by atoms with E-state index in [9.17, 15) is 9.59 Å². The van der Waals surface area contributed by atoms with Gasteiger partial charge in [0.25, 0.3) is 5.91 Å². The summed E-state index contributed by atoms with van der Waals surface area (Å²) in [4.78, 5) is 27.1. The average molecular weight is 326 g/mol. The highest BCUT2D eigenvalue weighted by Gasteiger charge is 2.31. The van der Waals surface area contributed by atoms with Crippen LogP contribution in [0.15, 0.2) is 47.1 Å². The first-order valence-corrected chi connectivity index (χ1v) is 8.30. The Kier molecular flexibility index (Phi) is 4.69. The smallest absolute Gasteiger partial charge is 0.287 e. The van der Waals surface area contributed by atoms with Gasteiger partial charge in [0.2, 0.25) is 5.91 Å². The van der Waals surface area contributed by atoms with E-state index in [2.05, 4.69) is 5.32 Å². The lowest BCUT2D eigenvalue weighted by atomic mass is 10.0. The predicted molar refractivity (Wildman–Crippen MR) is 91.9 cm³/mol. The first-order chi connectivity index (χ1) is 11.6. The van der Waals surface area contributed by atoms with Crippen LogP contribution < -0.4 is 10.2 Å². The fourth-order valence-electron chi connectivity index (χ4n) is 3.09. The third-order valence-electron chi connectivity index (χ3n) is 4.21. The second kappa shape index (κ2) is 6.91. The van der Waals surface area contributed by atoms with Crippen LogP contribution in [-0.4, -0.2) is 24.4 Å². The number of anilines is 1. The second-order valence-electron chi connectivity index (χ2n) is 6.50. The van der Waals surface area contributed by atoms with Gasteiger partial charge in [0, 0.05) is 12.2 Å². The molecule has 2 amide bonds. The van der Waals surface area contributed by atoms with Crippen molar-refractivity contribution in [3.63, 3.8) is 0 Å². The molecule has 0 spiro atoms. The number of furan rings is 1. The Hall–Kier alpha value is -2.56. The maximum atomic E-state index is 13.0. The lowest BCUT2D eigenvalue weighted by Gasteiger charge is -2.25. The summed E-state index contributed by atoms with van der Waals surface area (Å²) >= 11 is 0. The number of para-hydroxylation sites is 1. The summed E-state index contributed by atoms with van der Waals surface area (Å²) in [7, 11) is 0. The van der Waals surface area contributed by atoms with E-state index in [4.69, 9.17) is 4.42 Å². The highest BCUT2D eigenvalue weighted by molar-refractivity contribution is 6.02. The van der Waals surface area contributed by atoms with Crippen molar-refractivity contribution in [3.05, 3.63) is 54.0 Å². The average Bonchev–Trinajstić information content (AvgIpc) is 3.22. The molecule has 0 bridgehead atoms. The molecule has 0 unspecified atom stereocenters. The third-order valence-corrected chi connectivity index (χ3v) is 4.21. The summed E-state index contributed by atoms with van der Waals surface area (Å²) in [5.41, 5.74) is 2.12. The van der Waals surface area contributed by atoms with Gasteiger partial charge >= 0.3 is 0 Å². The van der Waals surface area contributed by atoms with Gasteiger partial charge in [0.1, 0.15) is 6.04 Å². The van der Waals surface area contributed by atoms with E-state index < -0.39 is 6.04 Å². The molecule has 1 aliphatic heterocycles. The Bertz CT molecular complexity index is 722. The minimum atomic E-state index is -0.561. The number of rotatable bonds is 5. The van der Waals surface area contributed by atoms with Crippen LogP contribution in [0.4, 0.5) is 5.69 Å². The number of carbonyl (C=O) groups excluding carboxylic acids is 2. The van der Waals surface area contributed by atoms with E-state index in [1.807, 2.05) is 38.1 Å². The quantitative estimate of drug-likeness (QED) is 0.918. The van der Waals surface area contributed by atoms with Crippen molar-refractivity contribution < 1.29 is 14.0 Å². The molecule has 0 radical (unpaired) electrons. The molecule has 0 saturated heterocycles. The molecule has 0 saturated carbocycles. The Morgan fingerprint density at radius 3 is 2.71 bits per heavy atom. The number of carbonyl (C=O) groups is 2. The SMILES string of the molecule is CC(C)C[C@H](NC(=O)c1ccco1)C(=O)N1CCc2ccccc21. The van der Waals surface area contributed by atoms with Gasteiger partial charge in [0.15, 0.2) is 5.76 Å². The zero-order chi connectivity index (χ0) is 17.1. The van der Waals surface area contributed by atoms with Crippen LogP contribution in [0.3, 0.4) is 0 Å². The van der Waals surface area contributed by atoms with Gasteiger partial charge in [-0.05, 0) is 42.5 Å². The molecule has 0 aliphatic carbocycles. The van der Waals surface area contributed by atoms with Crippen LogP contribution in [0.2, 0.25) is 0 Å². The van der Waals surface area contributed by atoms with Gasteiger partial charge in [-0.25, -0.2) is 0 Å². The van der Waals surface area contributed by atoms with Gasteiger partial charge in [-0.1, -0.05) is 32.0 Å². The van der Waals surface area contributed by atoms with Gasteiger partial charge < -0.3 is 14.6 Å². The molecular weight excluding hydrogens is 304 g/mol. The normalized spacial score (nSPS) is 14.5. The van der Waals surface area contributed by atoms with Crippen molar-refractivity contribution in [2.75, 3.05) is 11.4 Å². The van der Waals surface area contributed by atoms with Gasteiger partial charge in [0.05, 0.1) is 6.26 Å². The van der Waals surface area contributed by atoms with Crippen molar-refractivity contribution in [2.45, 2.75) is 32.7 Å². The molecule has 5 nitrogen and oxygen atoms in total. The van der Waals surface area contributed by atoms with Gasteiger partial charge in [-0.15, -0.1) is 0 Å². The first-order valence-electron chi connectivity index (χ1n) is 8.30. The Balaban J connectivity index is 1.78. The van der Waals surface area contributed by atoms with Crippen LogP contribution in [0, 0.1) is 5.92 Å². The number of nitrogens with zero attached hydrogens (tertiary/aromatic N) is 1. The standard InChI is InChI=1S/C19H22N2O3/c1-13(2)12-15(20-18(22)17-8-5-11-24-17)19(23)21-10-9-14-6-3-4-7-16(14)21/h3-8,11,13,15H,9-10,12H2,1-2H3,(H,20,22)/t15-/m0/s1. The summed E-state index contributed by atoms with van der Waals surface area (Å²) < 4.78 is 5.13. The molecule has 1 aromatic heterocycles. The zero-order valence-electron chi connectivity index (χ0n) is 14.0. The molecule has 1 N–H and O–H groups in total. The molecule has 3 rings (SSSR count). The summed E-state index contributed by atoms with van der Waals surface area (Å²) in [5.74, 6) is 0.0899. The van der Waals surface area contributed by atoms with E-state index in [0.717, 1.165) is 12.1 Å². The number of amides is 2. The van der Waals surface area contributed by atoms with Gasteiger partial charge in [-0.3, -0.25) is 9.59 Å². The number of benzene rings is 1. The monoisotopic (exact) mass is 326 g/mol. The predicted octanol–water partition coefficient (Wildman–Crippen LogP) is 3.01. The Morgan fingerprint density at radius 1 is 1.21 bits per heavy atom. The zero-order valence-corrected chi connectivity index (χ0v) is 14.0. The first kappa shape index (κ1) is 16.3. The Morgan fingerprint density at radius 2 is 2.00 bits per heavy atom. The largest absolute Gasteiger partial charge is 0.459 e. The lowest BCUT2D eigenvalue weighted by molar-refractivity contribution is -0.120. The molecule has 1 atom stereocenters. The van der Waals surface area contributed by atoms with Crippen LogP contribution in [-0.2, 0) is 11.2 Å². The van der Waals surface area contributed by atoms with E-state index in [-0.39, 0.29) is 23.5 Å². The Labute approximate surface area is 141 Å². The van der Waals surface area contributed by atoms with Crippen molar-refractivity contribution in [1.82, 2.24) is 5.32 Å². The van der Waals surface area contributed by atoms with E-state index in [1.165, 1.54) is 11.8 Å². The molecular formula is C19H22N2O3. The number of nitrogens with one attached hydrogen (secondary N) is 1. The van der Waals surface area contributed by atoms with Crippen LogP contribution in [0.25, 0.3) is 0 Å². The molecule has 1 aromatic carbocycles. The lowest BCUT2D eigenvalue weighted by Crippen LogP contribution is -2.48.